The molecule has 0 unspecified atom stereocenters. The van der Waals surface area contributed by atoms with Gasteiger partial charge in [0.25, 0.3) is 0 Å². The zero-order valence-electron chi connectivity index (χ0n) is 15.4. The molecule has 1 N–H and O–H groups in total. The molecule has 0 saturated carbocycles. The van der Waals surface area contributed by atoms with E-state index in [0.717, 1.165) is 37.2 Å². The van der Waals surface area contributed by atoms with Crippen LogP contribution in [0.25, 0.3) is 0 Å². The Morgan fingerprint density at radius 1 is 1.07 bits per heavy atom. The van der Waals surface area contributed by atoms with Crippen LogP contribution in [0.5, 0.6) is 11.5 Å². The molecular weight excluding hydrogens is 345 g/mol. The summed E-state index contributed by atoms with van der Waals surface area (Å²) >= 11 is 0. The molecular formula is C21H24FN3O2. The zero-order valence-corrected chi connectivity index (χ0v) is 15.4. The molecule has 0 fully saturated rings. The summed E-state index contributed by atoms with van der Waals surface area (Å²) in [6, 6.07) is 14.1. The maximum atomic E-state index is 13.0. The van der Waals surface area contributed by atoms with Crippen LogP contribution in [0.4, 0.5) is 4.39 Å². The van der Waals surface area contributed by atoms with E-state index in [-0.39, 0.29) is 5.82 Å². The molecule has 142 valence electrons. The first kappa shape index (κ1) is 18.9. The molecule has 1 heterocycles. The molecule has 0 aliphatic heterocycles. The summed E-state index contributed by atoms with van der Waals surface area (Å²) in [5, 5.41) is 7.61. The quantitative estimate of drug-likeness (QED) is 0.553. The van der Waals surface area contributed by atoms with Crippen LogP contribution in [0.15, 0.2) is 60.9 Å². The monoisotopic (exact) mass is 369 g/mol. The molecule has 0 radical (unpaired) electrons. The van der Waals surface area contributed by atoms with Crippen molar-refractivity contribution in [1.29, 1.82) is 0 Å². The van der Waals surface area contributed by atoms with Gasteiger partial charge in [-0.05, 0) is 54.4 Å². The second-order valence-electron chi connectivity index (χ2n) is 6.20. The second-order valence-corrected chi connectivity index (χ2v) is 6.20. The predicted molar refractivity (Wildman–Crippen MR) is 102 cm³/mol. The Morgan fingerprint density at radius 2 is 1.89 bits per heavy atom. The van der Waals surface area contributed by atoms with Gasteiger partial charge in [0.1, 0.15) is 12.4 Å². The van der Waals surface area contributed by atoms with Crippen LogP contribution in [0.3, 0.4) is 0 Å². The Hall–Kier alpha value is -2.86. The molecule has 1 aromatic heterocycles. The summed E-state index contributed by atoms with van der Waals surface area (Å²) in [5.74, 6) is 1.11. The number of benzene rings is 2. The van der Waals surface area contributed by atoms with E-state index in [2.05, 4.69) is 10.4 Å². The van der Waals surface area contributed by atoms with E-state index in [1.165, 1.54) is 12.1 Å². The highest BCUT2D eigenvalue weighted by molar-refractivity contribution is 5.43. The fourth-order valence-corrected chi connectivity index (χ4v) is 2.71. The molecule has 0 aliphatic carbocycles. The third-order valence-electron chi connectivity index (χ3n) is 4.16. The second kappa shape index (κ2) is 9.73. The van der Waals surface area contributed by atoms with Crippen molar-refractivity contribution in [3.05, 3.63) is 77.9 Å². The van der Waals surface area contributed by atoms with Crippen LogP contribution in [0, 0.1) is 5.82 Å². The lowest BCUT2D eigenvalue weighted by atomic mass is 10.2. The number of rotatable bonds is 10. The van der Waals surface area contributed by atoms with E-state index in [0.29, 0.717) is 18.1 Å². The van der Waals surface area contributed by atoms with Gasteiger partial charge in [0.05, 0.1) is 7.11 Å². The van der Waals surface area contributed by atoms with Crippen molar-refractivity contribution in [3.8, 4) is 11.5 Å². The van der Waals surface area contributed by atoms with E-state index in [1.807, 2.05) is 35.1 Å². The third kappa shape index (κ3) is 5.82. The molecule has 5 nitrogen and oxygen atoms in total. The van der Waals surface area contributed by atoms with Crippen molar-refractivity contribution in [1.82, 2.24) is 15.1 Å². The van der Waals surface area contributed by atoms with Gasteiger partial charge in [-0.3, -0.25) is 4.68 Å². The lowest BCUT2D eigenvalue weighted by Gasteiger charge is -2.13. The van der Waals surface area contributed by atoms with E-state index in [1.54, 1.807) is 25.4 Å². The molecule has 0 atom stereocenters. The SMILES string of the molecule is COc1cc(CNCCCn2cccn2)ccc1OCc1ccc(F)cc1. The summed E-state index contributed by atoms with van der Waals surface area (Å²) in [6.07, 6.45) is 4.77. The number of halogens is 1. The number of nitrogens with one attached hydrogen (secondary N) is 1. The minimum absolute atomic E-state index is 0.252. The first-order chi connectivity index (χ1) is 13.2. The Morgan fingerprint density at radius 3 is 2.63 bits per heavy atom. The maximum Gasteiger partial charge on any atom is 0.161 e. The van der Waals surface area contributed by atoms with Gasteiger partial charge in [0.2, 0.25) is 0 Å². The highest BCUT2D eigenvalue weighted by Gasteiger charge is 2.06. The number of hydrogen-bond acceptors (Lipinski definition) is 4. The lowest BCUT2D eigenvalue weighted by molar-refractivity contribution is 0.284. The third-order valence-corrected chi connectivity index (χ3v) is 4.16. The van der Waals surface area contributed by atoms with Gasteiger partial charge in [-0.15, -0.1) is 0 Å². The highest BCUT2D eigenvalue weighted by atomic mass is 19.1. The molecule has 0 saturated heterocycles. The van der Waals surface area contributed by atoms with Crippen molar-refractivity contribution in [2.75, 3.05) is 13.7 Å². The topological polar surface area (TPSA) is 48.3 Å². The minimum atomic E-state index is -0.252. The average Bonchev–Trinajstić information content (AvgIpc) is 3.21. The summed E-state index contributed by atoms with van der Waals surface area (Å²) in [5.41, 5.74) is 2.03. The first-order valence-electron chi connectivity index (χ1n) is 8.97. The fraction of sp³-hybridized carbons (Fsp3) is 0.286. The molecule has 27 heavy (non-hydrogen) atoms. The van der Waals surface area contributed by atoms with Gasteiger partial charge in [0.15, 0.2) is 11.5 Å². The van der Waals surface area contributed by atoms with E-state index in [9.17, 15) is 4.39 Å². The van der Waals surface area contributed by atoms with Crippen LogP contribution < -0.4 is 14.8 Å². The van der Waals surface area contributed by atoms with Gasteiger partial charge in [-0.2, -0.15) is 5.10 Å². The Bertz CT molecular complexity index is 820. The Labute approximate surface area is 158 Å². The molecule has 2 aromatic carbocycles. The van der Waals surface area contributed by atoms with Crippen molar-refractivity contribution in [2.24, 2.45) is 0 Å². The van der Waals surface area contributed by atoms with Gasteiger partial charge < -0.3 is 14.8 Å². The van der Waals surface area contributed by atoms with Crippen LogP contribution in [0.2, 0.25) is 0 Å². The van der Waals surface area contributed by atoms with Crippen molar-refractivity contribution in [3.63, 3.8) is 0 Å². The number of aryl methyl sites for hydroxylation is 1. The molecule has 0 amide bonds. The van der Waals surface area contributed by atoms with Crippen molar-refractivity contribution < 1.29 is 13.9 Å². The normalized spacial score (nSPS) is 10.7. The number of ether oxygens (including phenoxy) is 2. The Balaban J connectivity index is 1.47. The lowest BCUT2D eigenvalue weighted by Crippen LogP contribution is -2.16. The smallest absolute Gasteiger partial charge is 0.161 e. The van der Waals surface area contributed by atoms with Crippen LogP contribution in [-0.4, -0.2) is 23.4 Å². The average molecular weight is 369 g/mol. The molecule has 3 aromatic rings. The molecule has 6 heteroatoms. The number of hydrogen-bond donors (Lipinski definition) is 1. The van der Waals surface area contributed by atoms with Gasteiger partial charge >= 0.3 is 0 Å². The largest absolute Gasteiger partial charge is 0.493 e. The number of aromatic nitrogens is 2. The van der Waals surface area contributed by atoms with Gasteiger partial charge in [0, 0.05) is 25.5 Å². The first-order valence-corrected chi connectivity index (χ1v) is 8.97. The summed E-state index contributed by atoms with van der Waals surface area (Å²) < 4.78 is 26.2. The maximum absolute atomic E-state index is 13.0. The number of nitrogens with zero attached hydrogens (tertiary/aromatic N) is 2. The highest BCUT2D eigenvalue weighted by Crippen LogP contribution is 2.28. The van der Waals surface area contributed by atoms with Gasteiger partial charge in [-0.25, -0.2) is 4.39 Å². The summed E-state index contributed by atoms with van der Waals surface area (Å²) in [6.45, 7) is 2.93. The van der Waals surface area contributed by atoms with E-state index in [4.69, 9.17) is 9.47 Å². The van der Waals surface area contributed by atoms with Crippen LogP contribution in [0.1, 0.15) is 17.5 Å². The molecule has 0 bridgehead atoms. The fourth-order valence-electron chi connectivity index (χ4n) is 2.71. The molecule has 0 spiro atoms. The van der Waals surface area contributed by atoms with Crippen molar-refractivity contribution in [2.45, 2.75) is 26.1 Å². The standard InChI is InChI=1S/C21H24FN3O2/c1-26-21-14-18(15-23-10-2-12-25-13-3-11-24-25)6-9-20(21)27-16-17-4-7-19(22)8-5-17/h3-9,11,13-14,23H,2,10,12,15-16H2,1H3. The van der Waals surface area contributed by atoms with Gasteiger partial charge in [-0.1, -0.05) is 18.2 Å². The van der Waals surface area contributed by atoms with Crippen LogP contribution >= 0.6 is 0 Å². The van der Waals surface area contributed by atoms with E-state index >= 15 is 0 Å². The summed E-state index contributed by atoms with van der Waals surface area (Å²) in [7, 11) is 1.63. The van der Waals surface area contributed by atoms with Crippen LogP contribution in [-0.2, 0) is 19.7 Å². The van der Waals surface area contributed by atoms with Crippen molar-refractivity contribution >= 4 is 0 Å². The summed E-state index contributed by atoms with van der Waals surface area (Å²) in [4.78, 5) is 0. The zero-order chi connectivity index (χ0) is 18.9. The number of methoxy groups -OCH3 is 1. The predicted octanol–water partition coefficient (Wildman–Crippen LogP) is 3.79. The van der Waals surface area contributed by atoms with E-state index < -0.39 is 0 Å². The molecule has 0 aliphatic rings. The Kier molecular flexibility index (Phi) is 6.82. The minimum Gasteiger partial charge on any atom is -0.493 e. The molecule has 3 rings (SSSR count).